The van der Waals surface area contributed by atoms with Crippen molar-refractivity contribution < 1.29 is 0 Å². The first-order valence-corrected chi connectivity index (χ1v) is 8.81. The Kier molecular flexibility index (Phi) is 3.24. The highest BCUT2D eigenvalue weighted by Crippen LogP contribution is 2.44. The van der Waals surface area contributed by atoms with Crippen LogP contribution in [-0.2, 0) is 13.0 Å². The standard InChI is InChI=1S/C18H21N7/c1-11-5-17-20-9-14-15-4-3-13(6-16(14)25(17)23-11)24(15)10-12-7-21-18(19-2)22-8-12/h5,7-9,13,15H,3-4,6,10H2,1-2H3,(H,19,21,22). The topological polar surface area (TPSA) is 71.2 Å². The van der Waals surface area contributed by atoms with Gasteiger partial charge in [0.05, 0.1) is 11.4 Å². The van der Waals surface area contributed by atoms with E-state index in [2.05, 4.69) is 47.0 Å². The lowest BCUT2D eigenvalue weighted by Gasteiger charge is -2.36. The van der Waals surface area contributed by atoms with Gasteiger partial charge in [-0.25, -0.2) is 19.5 Å². The van der Waals surface area contributed by atoms with E-state index in [1.807, 2.05) is 26.4 Å². The smallest absolute Gasteiger partial charge is 0.222 e. The van der Waals surface area contributed by atoms with Crippen LogP contribution in [0.5, 0.6) is 0 Å². The molecule has 128 valence electrons. The molecule has 25 heavy (non-hydrogen) atoms. The summed E-state index contributed by atoms with van der Waals surface area (Å²) in [6, 6.07) is 3.02. The van der Waals surface area contributed by atoms with E-state index in [-0.39, 0.29) is 0 Å². The average Bonchev–Trinajstić information content (AvgIpc) is 3.13. The molecule has 5 heterocycles. The lowest BCUT2D eigenvalue weighted by Crippen LogP contribution is -2.38. The molecule has 1 N–H and O–H groups in total. The quantitative estimate of drug-likeness (QED) is 0.791. The molecule has 1 fully saturated rings. The molecule has 0 aromatic carbocycles. The number of nitrogens with one attached hydrogen (secondary N) is 1. The van der Waals surface area contributed by atoms with E-state index in [9.17, 15) is 0 Å². The zero-order chi connectivity index (χ0) is 17.0. The summed E-state index contributed by atoms with van der Waals surface area (Å²) < 4.78 is 2.05. The Morgan fingerprint density at radius 3 is 2.80 bits per heavy atom. The molecule has 2 unspecified atom stereocenters. The van der Waals surface area contributed by atoms with Crippen LogP contribution in [0.15, 0.2) is 24.7 Å². The maximum absolute atomic E-state index is 4.66. The first-order valence-electron chi connectivity index (χ1n) is 8.81. The van der Waals surface area contributed by atoms with Crippen molar-refractivity contribution >= 4 is 11.6 Å². The van der Waals surface area contributed by atoms with Gasteiger partial charge in [0.2, 0.25) is 5.95 Å². The molecule has 2 bridgehead atoms. The van der Waals surface area contributed by atoms with Gasteiger partial charge in [0.25, 0.3) is 0 Å². The molecule has 0 amide bonds. The van der Waals surface area contributed by atoms with Crippen molar-refractivity contribution in [2.75, 3.05) is 12.4 Å². The highest BCUT2D eigenvalue weighted by molar-refractivity contribution is 5.44. The zero-order valence-electron chi connectivity index (χ0n) is 14.5. The van der Waals surface area contributed by atoms with Gasteiger partial charge in [-0.15, -0.1) is 0 Å². The fourth-order valence-corrected chi connectivity index (χ4v) is 4.32. The molecule has 0 radical (unpaired) electrons. The van der Waals surface area contributed by atoms with Gasteiger partial charge < -0.3 is 5.32 Å². The third-order valence-corrected chi connectivity index (χ3v) is 5.46. The molecule has 2 atom stereocenters. The summed E-state index contributed by atoms with van der Waals surface area (Å²) in [5.74, 6) is 0.663. The predicted octanol–water partition coefficient (Wildman–Crippen LogP) is 2.13. The summed E-state index contributed by atoms with van der Waals surface area (Å²) in [6.07, 6.45) is 9.34. The van der Waals surface area contributed by atoms with Crippen LogP contribution in [-0.4, -0.2) is 42.6 Å². The minimum Gasteiger partial charge on any atom is -0.357 e. The highest BCUT2D eigenvalue weighted by atomic mass is 15.3. The van der Waals surface area contributed by atoms with Crippen LogP contribution in [0.1, 0.15) is 41.4 Å². The number of anilines is 1. The lowest BCUT2D eigenvalue weighted by atomic mass is 9.98. The summed E-state index contributed by atoms with van der Waals surface area (Å²) in [6.45, 7) is 2.91. The van der Waals surface area contributed by atoms with Crippen LogP contribution >= 0.6 is 0 Å². The van der Waals surface area contributed by atoms with E-state index in [0.29, 0.717) is 18.0 Å². The SMILES string of the molecule is CNc1ncc(CN2C3CCC2c2cnc4cc(C)nn4c2C3)cn1. The fourth-order valence-electron chi connectivity index (χ4n) is 4.32. The first kappa shape index (κ1) is 14.8. The fraction of sp³-hybridized carbons (Fsp3) is 0.444. The average molecular weight is 335 g/mol. The minimum absolute atomic E-state index is 0.416. The van der Waals surface area contributed by atoms with Crippen molar-refractivity contribution in [3.63, 3.8) is 0 Å². The second-order valence-electron chi connectivity index (χ2n) is 7.00. The number of hydrogen-bond donors (Lipinski definition) is 1. The second-order valence-corrected chi connectivity index (χ2v) is 7.00. The van der Waals surface area contributed by atoms with Gasteiger partial charge in [-0.2, -0.15) is 5.10 Å². The summed E-state index contributed by atoms with van der Waals surface area (Å²) in [7, 11) is 1.83. The van der Waals surface area contributed by atoms with Crippen LogP contribution in [0, 0.1) is 6.92 Å². The largest absolute Gasteiger partial charge is 0.357 e. The number of hydrogen-bond acceptors (Lipinski definition) is 6. The Balaban J connectivity index is 1.49. The van der Waals surface area contributed by atoms with Gasteiger partial charge in [0, 0.05) is 67.9 Å². The van der Waals surface area contributed by atoms with Crippen LogP contribution in [0.4, 0.5) is 5.95 Å². The molecule has 2 aliphatic heterocycles. The van der Waals surface area contributed by atoms with E-state index >= 15 is 0 Å². The van der Waals surface area contributed by atoms with Crippen LogP contribution < -0.4 is 5.32 Å². The zero-order valence-corrected chi connectivity index (χ0v) is 14.5. The highest BCUT2D eigenvalue weighted by Gasteiger charge is 2.41. The maximum Gasteiger partial charge on any atom is 0.222 e. The second kappa shape index (κ2) is 5.49. The number of aromatic nitrogens is 5. The third-order valence-electron chi connectivity index (χ3n) is 5.46. The van der Waals surface area contributed by atoms with Crippen LogP contribution in [0.2, 0.25) is 0 Å². The van der Waals surface area contributed by atoms with E-state index < -0.39 is 0 Å². The van der Waals surface area contributed by atoms with Gasteiger partial charge in [-0.3, -0.25) is 4.90 Å². The van der Waals surface area contributed by atoms with Crippen molar-refractivity contribution in [1.29, 1.82) is 0 Å². The van der Waals surface area contributed by atoms with E-state index in [4.69, 9.17) is 0 Å². The molecule has 7 heteroatoms. The normalized spacial score (nSPS) is 22.3. The van der Waals surface area contributed by atoms with Gasteiger partial charge >= 0.3 is 0 Å². The maximum atomic E-state index is 4.66. The predicted molar refractivity (Wildman–Crippen MR) is 94.3 cm³/mol. The van der Waals surface area contributed by atoms with Gasteiger partial charge in [-0.1, -0.05) is 0 Å². The van der Waals surface area contributed by atoms with Crippen molar-refractivity contribution in [3.05, 3.63) is 47.2 Å². The molecule has 0 spiro atoms. The Morgan fingerprint density at radius 1 is 1.16 bits per heavy atom. The van der Waals surface area contributed by atoms with E-state index in [0.717, 1.165) is 29.9 Å². The van der Waals surface area contributed by atoms with Crippen molar-refractivity contribution in [2.45, 2.75) is 44.8 Å². The molecule has 0 saturated carbocycles. The van der Waals surface area contributed by atoms with Crippen molar-refractivity contribution in [2.24, 2.45) is 0 Å². The van der Waals surface area contributed by atoms with Gasteiger partial charge in [-0.05, 0) is 19.8 Å². The molecule has 3 aromatic heterocycles. The Bertz CT molecular complexity index is 930. The molecule has 1 saturated heterocycles. The van der Waals surface area contributed by atoms with Crippen LogP contribution in [0.3, 0.4) is 0 Å². The molecular weight excluding hydrogens is 314 g/mol. The van der Waals surface area contributed by atoms with Gasteiger partial charge in [0.15, 0.2) is 5.65 Å². The van der Waals surface area contributed by atoms with Crippen molar-refractivity contribution in [1.82, 2.24) is 29.5 Å². The van der Waals surface area contributed by atoms with Crippen LogP contribution in [0.25, 0.3) is 5.65 Å². The minimum atomic E-state index is 0.416. The molecule has 5 rings (SSSR count). The summed E-state index contributed by atoms with van der Waals surface area (Å²) in [5, 5.41) is 7.63. The molecule has 3 aromatic rings. The van der Waals surface area contributed by atoms with E-state index in [1.165, 1.54) is 24.1 Å². The number of rotatable bonds is 3. The molecular formula is C18H21N7. The van der Waals surface area contributed by atoms with E-state index in [1.54, 1.807) is 0 Å². The summed E-state index contributed by atoms with van der Waals surface area (Å²) in [5.41, 5.74) is 5.81. The summed E-state index contributed by atoms with van der Waals surface area (Å²) >= 11 is 0. The molecule has 7 nitrogen and oxygen atoms in total. The number of nitrogens with zero attached hydrogens (tertiary/aromatic N) is 6. The lowest BCUT2D eigenvalue weighted by molar-refractivity contribution is 0.165. The monoisotopic (exact) mass is 335 g/mol. The molecule has 2 aliphatic rings. The molecule has 0 aliphatic carbocycles. The Hall–Kier alpha value is -2.54. The third kappa shape index (κ3) is 2.30. The first-order chi connectivity index (χ1) is 12.2. The summed E-state index contributed by atoms with van der Waals surface area (Å²) in [4.78, 5) is 15.9. The Labute approximate surface area is 146 Å². The van der Waals surface area contributed by atoms with Gasteiger partial charge in [0.1, 0.15) is 0 Å². The Morgan fingerprint density at radius 2 is 2.00 bits per heavy atom. The van der Waals surface area contributed by atoms with Crippen molar-refractivity contribution in [3.8, 4) is 0 Å². The number of aryl methyl sites for hydroxylation is 1. The number of fused-ring (bicyclic) bond motifs is 6.